The maximum Gasteiger partial charge on any atom is 0.336 e. The van der Waals surface area contributed by atoms with Gasteiger partial charge in [-0.2, -0.15) is 0 Å². The Morgan fingerprint density at radius 2 is 2.07 bits per heavy atom. The van der Waals surface area contributed by atoms with Gasteiger partial charge in [-0.05, 0) is 17.7 Å². The number of aliphatic hydroxyl groups excluding tert-OH is 1. The lowest BCUT2D eigenvalue weighted by Gasteiger charge is -2.01. The largest absolute Gasteiger partial charge is 0.508 e. The Balaban J connectivity index is 2.87. The highest BCUT2D eigenvalue weighted by Gasteiger charge is 2.04. The maximum atomic E-state index is 11.0. The second-order valence-electron chi connectivity index (χ2n) is 2.93. The zero-order valence-corrected chi connectivity index (χ0v) is 7.23. The van der Waals surface area contributed by atoms with Crippen molar-refractivity contribution in [2.75, 3.05) is 0 Å². The summed E-state index contributed by atoms with van der Waals surface area (Å²) in [5.74, 6) is 0.0238. The summed E-state index contributed by atoms with van der Waals surface area (Å²) in [4.78, 5) is 11.0. The molecule has 0 unspecified atom stereocenters. The minimum atomic E-state index is -0.535. The van der Waals surface area contributed by atoms with Gasteiger partial charge in [0.05, 0.1) is 6.61 Å². The van der Waals surface area contributed by atoms with Crippen molar-refractivity contribution in [1.82, 2.24) is 0 Å². The summed E-state index contributed by atoms with van der Waals surface area (Å²) in [6, 6.07) is 5.65. The van der Waals surface area contributed by atoms with Crippen LogP contribution >= 0.6 is 0 Å². The summed E-state index contributed by atoms with van der Waals surface area (Å²) in [5, 5.41) is 18.8. The van der Waals surface area contributed by atoms with E-state index in [1.807, 2.05) is 0 Å². The molecule has 2 aromatic rings. The molecule has 14 heavy (non-hydrogen) atoms. The molecule has 0 saturated carbocycles. The van der Waals surface area contributed by atoms with Crippen LogP contribution in [0.15, 0.2) is 33.5 Å². The topological polar surface area (TPSA) is 70.7 Å². The van der Waals surface area contributed by atoms with E-state index in [0.29, 0.717) is 10.9 Å². The first-order valence-electron chi connectivity index (χ1n) is 4.07. The highest BCUT2D eigenvalue weighted by molar-refractivity contribution is 5.81. The summed E-state index contributed by atoms with van der Waals surface area (Å²) in [6.45, 7) is -0.229. The number of aromatic hydroxyl groups is 1. The van der Waals surface area contributed by atoms with E-state index in [4.69, 9.17) is 14.6 Å². The highest BCUT2D eigenvalue weighted by atomic mass is 16.4. The van der Waals surface area contributed by atoms with Crippen molar-refractivity contribution < 1.29 is 14.6 Å². The Morgan fingerprint density at radius 3 is 2.79 bits per heavy atom. The number of hydrogen-bond acceptors (Lipinski definition) is 4. The summed E-state index contributed by atoms with van der Waals surface area (Å²) in [6.07, 6.45) is 0. The van der Waals surface area contributed by atoms with Crippen molar-refractivity contribution in [2.24, 2.45) is 0 Å². The third kappa shape index (κ3) is 1.36. The first-order valence-corrected chi connectivity index (χ1v) is 4.07. The molecule has 1 heterocycles. The Bertz CT molecular complexity index is 527. The number of phenols is 1. The van der Waals surface area contributed by atoms with E-state index in [9.17, 15) is 4.79 Å². The van der Waals surface area contributed by atoms with Crippen LogP contribution in [0.4, 0.5) is 0 Å². The van der Waals surface area contributed by atoms with Gasteiger partial charge in [-0.15, -0.1) is 0 Å². The molecule has 0 atom stereocenters. The van der Waals surface area contributed by atoms with Crippen LogP contribution in [0.5, 0.6) is 5.75 Å². The predicted octanol–water partition coefficient (Wildman–Crippen LogP) is 0.991. The fourth-order valence-corrected chi connectivity index (χ4v) is 1.35. The van der Waals surface area contributed by atoms with E-state index in [0.717, 1.165) is 0 Å². The SMILES string of the molecule is O=c1cc(CO)c2ccc(O)cc2o1. The molecule has 0 amide bonds. The summed E-state index contributed by atoms with van der Waals surface area (Å²) >= 11 is 0. The van der Waals surface area contributed by atoms with E-state index in [1.54, 1.807) is 6.07 Å². The van der Waals surface area contributed by atoms with Crippen LogP contribution in [0.1, 0.15) is 5.56 Å². The molecule has 0 aliphatic carbocycles. The number of hydrogen-bond donors (Lipinski definition) is 2. The van der Waals surface area contributed by atoms with Crippen LogP contribution in [0.25, 0.3) is 11.0 Å². The van der Waals surface area contributed by atoms with E-state index in [2.05, 4.69) is 0 Å². The lowest BCUT2D eigenvalue weighted by atomic mass is 10.1. The second kappa shape index (κ2) is 3.16. The Kier molecular flexibility index (Phi) is 1.98. The molecule has 0 spiro atoms. The molecule has 0 bridgehead atoms. The van der Waals surface area contributed by atoms with Crippen LogP contribution in [0, 0.1) is 0 Å². The summed E-state index contributed by atoms with van der Waals surface area (Å²) < 4.78 is 4.86. The normalized spacial score (nSPS) is 10.6. The van der Waals surface area contributed by atoms with Gasteiger partial charge in [0, 0.05) is 17.5 Å². The van der Waals surface area contributed by atoms with E-state index >= 15 is 0 Å². The molecule has 0 aliphatic heterocycles. The van der Waals surface area contributed by atoms with Gasteiger partial charge in [-0.25, -0.2) is 4.79 Å². The number of rotatable bonds is 1. The molecular weight excluding hydrogens is 184 g/mol. The number of aliphatic hydroxyl groups is 1. The second-order valence-corrected chi connectivity index (χ2v) is 2.93. The fourth-order valence-electron chi connectivity index (χ4n) is 1.35. The van der Waals surface area contributed by atoms with Crippen molar-refractivity contribution in [3.8, 4) is 5.75 Å². The quantitative estimate of drug-likeness (QED) is 0.661. The van der Waals surface area contributed by atoms with Gasteiger partial charge in [0.15, 0.2) is 0 Å². The van der Waals surface area contributed by atoms with Gasteiger partial charge in [-0.3, -0.25) is 0 Å². The molecule has 2 N–H and O–H groups in total. The van der Waals surface area contributed by atoms with Gasteiger partial charge in [0.2, 0.25) is 0 Å². The van der Waals surface area contributed by atoms with E-state index < -0.39 is 5.63 Å². The average molecular weight is 192 g/mol. The van der Waals surface area contributed by atoms with Gasteiger partial charge in [-0.1, -0.05) is 0 Å². The minimum absolute atomic E-state index is 0.0238. The first kappa shape index (κ1) is 8.77. The van der Waals surface area contributed by atoms with Crippen molar-refractivity contribution in [3.63, 3.8) is 0 Å². The van der Waals surface area contributed by atoms with E-state index in [1.165, 1.54) is 18.2 Å². The van der Waals surface area contributed by atoms with Crippen molar-refractivity contribution in [3.05, 3.63) is 40.2 Å². The Morgan fingerprint density at radius 1 is 1.29 bits per heavy atom. The van der Waals surface area contributed by atoms with Crippen molar-refractivity contribution >= 4 is 11.0 Å². The van der Waals surface area contributed by atoms with Gasteiger partial charge in [0.25, 0.3) is 0 Å². The molecule has 4 heteroatoms. The molecule has 2 rings (SSSR count). The lowest BCUT2D eigenvalue weighted by Crippen LogP contribution is -2.00. The molecule has 0 fully saturated rings. The highest BCUT2D eigenvalue weighted by Crippen LogP contribution is 2.21. The maximum absolute atomic E-state index is 11.0. The van der Waals surface area contributed by atoms with Crippen molar-refractivity contribution in [2.45, 2.75) is 6.61 Å². The third-order valence-electron chi connectivity index (χ3n) is 1.98. The summed E-state index contributed by atoms with van der Waals surface area (Å²) in [7, 11) is 0. The zero-order valence-electron chi connectivity index (χ0n) is 7.23. The van der Waals surface area contributed by atoms with E-state index in [-0.39, 0.29) is 17.9 Å². The van der Waals surface area contributed by atoms with Gasteiger partial charge >= 0.3 is 5.63 Å². The van der Waals surface area contributed by atoms with Gasteiger partial charge < -0.3 is 14.6 Å². The molecule has 72 valence electrons. The van der Waals surface area contributed by atoms with Crippen LogP contribution in [0.2, 0.25) is 0 Å². The zero-order chi connectivity index (χ0) is 10.1. The monoisotopic (exact) mass is 192 g/mol. The predicted molar refractivity (Wildman–Crippen MR) is 50.1 cm³/mol. The average Bonchev–Trinajstić information content (AvgIpc) is 2.15. The van der Waals surface area contributed by atoms with Crippen LogP contribution in [-0.4, -0.2) is 10.2 Å². The van der Waals surface area contributed by atoms with Crippen LogP contribution in [0.3, 0.4) is 0 Å². The molecule has 4 nitrogen and oxygen atoms in total. The van der Waals surface area contributed by atoms with Gasteiger partial charge in [0.1, 0.15) is 11.3 Å². The third-order valence-corrected chi connectivity index (χ3v) is 1.98. The molecule has 0 radical (unpaired) electrons. The number of phenolic OH excluding ortho intramolecular Hbond substituents is 1. The van der Waals surface area contributed by atoms with Crippen LogP contribution < -0.4 is 5.63 Å². The molecule has 0 aliphatic rings. The Labute approximate surface area is 79.0 Å². The fraction of sp³-hybridized carbons (Fsp3) is 0.100. The van der Waals surface area contributed by atoms with Crippen LogP contribution in [-0.2, 0) is 6.61 Å². The molecular formula is C10H8O4. The lowest BCUT2D eigenvalue weighted by molar-refractivity contribution is 0.282. The standard InChI is InChI=1S/C10H8O4/c11-5-6-3-10(13)14-9-4-7(12)1-2-8(6)9/h1-4,11-12H,5H2. The number of benzene rings is 1. The number of fused-ring (bicyclic) bond motifs is 1. The molecule has 1 aromatic heterocycles. The molecule has 1 aromatic carbocycles. The summed E-state index contributed by atoms with van der Waals surface area (Å²) in [5.41, 5.74) is 0.241. The minimum Gasteiger partial charge on any atom is -0.508 e. The van der Waals surface area contributed by atoms with Crippen molar-refractivity contribution in [1.29, 1.82) is 0 Å². The molecule has 0 saturated heterocycles. The first-order chi connectivity index (χ1) is 6.70. The Hall–Kier alpha value is -1.81. The smallest absolute Gasteiger partial charge is 0.336 e.